The van der Waals surface area contributed by atoms with Gasteiger partial charge in [-0.15, -0.1) is 0 Å². The molecule has 0 amide bonds. The Morgan fingerprint density at radius 3 is 2.57 bits per heavy atom. The van der Waals surface area contributed by atoms with Gasteiger partial charge in [0.1, 0.15) is 0 Å². The Bertz CT molecular complexity index is 415. The Morgan fingerprint density at radius 2 is 1.95 bits per heavy atom. The Hall–Kier alpha value is -0.860. The second kappa shape index (κ2) is 7.42. The zero-order valence-corrected chi connectivity index (χ0v) is 14.1. The Kier molecular flexibility index (Phi) is 5.83. The van der Waals surface area contributed by atoms with Gasteiger partial charge in [-0.1, -0.05) is 58.0 Å². The van der Waals surface area contributed by atoms with Gasteiger partial charge in [-0.3, -0.25) is 0 Å². The van der Waals surface area contributed by atoms with E-state index in [1.807, 2.05) is 0 Å². The van der Waals surface area contributed by atoms with Crippen LogP contribution >= 0.6 is 0 Å². The minimum Gasteiger partial charge on any atom is -0.376 e. The van der Waals surface area contributed by atoms with Gasteiger partial charge in [-0.05, 0) is 42.7 Å². The topological polar surface area (TPSA) is 21.3 Å². The number of benzene rings is 1. The summed E-state index contributed by atoms with van der Waals surface area (Å²) in [5, 5.41) is 3.55. The molecule has 0 aliphatic heterocycles. The SMILES string of the molecule is CCNC(COC1CC(C)CC(C)(C)C1)c1ccccc1. The fourth-order valence-electron chi connectivity index (χ4n) is 3.82. The van der Waals surface area contributed by atoms with Gasteiger partial charge in [-0.25, -0.2) is 0 Å². The Morgan fingerprint density at radius 1 is 1.24 bits per heavy atom. The maximum absolute atomic E-state index is 6.30. The molecule has 1 aromatic carbocycles. The molecule has 1 N–H and O–H groups in total. The van der Waals surface area contributed by atoms with Gasteiger partial charge < -0.3 is 10.1 Å². The van der Waals surface area contributed by atoms with E-state index in [1.54, 1.807) is 0 Å². The summed E-state index contributed by atoms with van der Waals surface area (Å²) in [7, 11) is 0. The van der Waals surface area contributed by atoms with Gasteiger partial charge in [0.15, 0.2) is 0 Å². The summed E-state index contributed by atoms with van der Waals surface area (Å²) >= 11 is 0. The van der Waals surface area contributed by atoms with E-state index >= 15 is 0 Å². The van der Waals surface area contributed by atoms with Crippen molar-refractivity contribution in [3.63, 3.8) is 0 Å². The molecule has 2 nitrogen and oxygen atoms in total. The highest BCUT2D eigenvalue weighted by Gasteiger charge is 2.32. The van der Waals surface area contributed by atoms with Crippen molar-refractivity contribution in [2.75, 3.05) is 13.2 Å². The molecule has 1 aliphatic carbocycles. The first-order valence-electron chi connectivity index (χ1n) is 8.40. The fraction of sp³-hybridized carbons (Fsp3) is 0.684. The standard InChI is InChI=1S/C19H31NO/c1-5-20-18(16-9-7-6-8-10-16)14-21-17-11-15(2)12-19(3,4)13-17/h6-10,15,17-18,20H,5,11-14H2,1-4H3. The molecule has 2 rings (SSSR count). The van der Waals surface area contributed by atoms with Gasteiger partial charge >= 0.3 is 0 Å². The number of likely N-dealkylation sites (N-methyl/N-ethyl adjacent to an activating group) is 1. The molecule has 21 heavy (non-hydrogen) atoms. The largest absolute Gasteiger partial charge is 0.376 e. The van der Waals surface area contributed by atoms with E-state index in [-0.39, 0.29) is 0 Å². The molecule has 0 heterocycles. The Labute approximate surface area is 130 Å². The molecule has 1 fully saturated rings. The highest BCUT2D eigenvalue weighted by atomic mass is 16.5. The van der Waals surface area contributed by atoms with Crippen LogP contribution in [-0.2, 0) is 4.74 Å². The highest BCUT2D eigenvalue weighted by molar-refractivity contribution is 5.18. The predicted octanol–water partition coefficient (Wildman–Crippen LogP) is 4.57. The molecule has 1 aliphatic rings. The molecule has 0 spiro atoms. The second-order valence-corrected chi connectivity index (χ2v) is 7.39. The zero-order valence-electron chi connectivity index (χ0n) is 14.1. The number of hydrogen-bond acceptors (Lipinski definition) is 2. The van der Waals surface area contributed by atoms with Crippen LogP contribution in [0, 0.1) is 11.3 Å². The average Bonchev–Trinajstić information content (AvgIpc) is 2.42. The van der Waals surface area contributed by atoms with E-state index in [2.05, 4.69) is 63.3 Å². The van der Waals surface area contributed by atoms with Crippen LogP contribution in [0.4, 0.5) is 0 Å². The van der Waals surface area contributed by atoms with Gasteiger partial charge in [0.05, 0.1) is 18.8 Å². The molecule has 118 valence electrons. The van der Waals surface area contributed by atoms with E-state index in [4.69, 9.17) is 4.74 Å². The maximum atomic E-state index is 6.30. The lowest BCUT2D eigenvalue weighted by molar-refractivity contribution is -0.0308. The van der Waals surface area contributed by atoms with Crippen molar-refractivity contribution in [2.45, 2.75) is 59.1 Å². The minimum absolute atomic E-state index is 0.302. The summed E-state index contributed by atoms with van der Waals surface area (Å²) in [6, 6.07) is 10.9. The summed E-state index contributed by atoms with van der Waals surface area (Å²) in [6.07, 6.45) is 4.12. The summed E-state index contributed by atoms with van der Waals surface area (Å²) in [6.45, 7) is 11.0. The van der Waals surface area contributed by atoms with E-state index in [1.165, 1.54) is 24.8 Å². The van der Waals surface area contributed by atoms with Crippen LogP contribution in [0.5, 0.6) is 0 Å². The van der Waals surface area contributed by atoms with Crippen LogP contribution in [0.3, 0.4) is 0 Å². The van der Waals surface area contributed by atoms with Gasteiger partial charge in [-0.2, -0.15) is 0 Å². The lowest BCUT2D eigenvalue weighted by atomic mass is 9.71. The van der Waals surface area contributed by atoms with Gasteiger partial charge in [0.2, 0.25) is 0 Å². The van der Waals surface area contributed by atoms with Crippen molar-refractivity contribution in [1.82, 2.24) is 5.32 Å². The Balaban J connectivity index is 1.93. The third-order valence-corrected chi connectivity index (χ3v) is 4.50. The van der Waals surface area contributed by atoms with Crippen molar-refractivity contribution in [2.24, 2.45) is 11.3 Å². The molecule has 1 aromatic rings. The summed E-state index contributed by atoms with van der Waals surface area (Å²) in [4.78, 5) is 0. The third kappa shape index (κ3) is 5.12. The first-order valence-corrected chi connectivity index (χ1v) is 8.40. The molecule has 0 bridgehead atoms. The molecular weight excluding hydrogens is 258 g/mol. The molecule has 0 radical (unpaired) electrons. The maximum Gasteiger partial charge on any atom is 0.0665 e. The predicted molar refractivity (Wildman–Crippen MR) is 89.4 cm³/mol. The number of nitrogens with one attached hydrogen (secondary N) is 1. The number of rotatable bonds is 6. The van der Waals surface area contributed by atoms with Gasteiger partial charge in [0, 0.05) is 0 Å². The van der Waals surface area contributed by atoms with Gasteiger partial charge in [0.25, 0.3) is 0 Å². The highest BCUT2D eigenvalue weighted by Crippen LogP contribution is 2.39. The smallest absolute Gasteiger partial charge is 0.0665 e. The van der Waals surface area contributed by atoms with E-state index in [0.29, 0.717) is 17.6 Å². The van der Waals surface area contributed by atoms with E-state index < -0.39 is 0 Å². The molecule has 1 saturated carbocycles. The zero-order chi connectivity index (χ0) is 15.3. The van der Waals surface area contributed by atoms with Crippen LogP contribution in [0.15, 0.2) is 30.3 Å². The van der Waals surface area contributed by atoms with Crippen LogP contribution in [0.1, 0.15) is 58.6 Å². The minimum atomic E-state index is 0.302. The van der Waals surface area contributed by atoms with Crippen LogP contribution in [0.25, 0.3) is 0 Å². The molecule has 0 aromatic heterocycles. The normalized spacial score (nSPS) is 26.5. The van der Waals surface area contributed by atoms with Crippen molar-refractivity contribution < 1.29 is 4.74 Å². The summed E-state index contributed by atoms with van der Waals surface area (Å²) < 4.78 is 6.30. The first-order chi connectivity index (χ1) is 10.00. The molecule has 3 unspecified atom stereocenters. The van der Waals surface area contributed by atoms with Crippen molar-refractivity contribution in [1.29, 1.82) is 0 Å². The van der Waals surface area contributed by atoms with Crippen molar-refractivity contribution >= 4 is 0 Å². The summed E-state index contributed by atoms with van der Waals surface area (Å²) in [5.41, 5.74) is 1.74. The molecular formula is C19H31NO. The number of hydrogen-bond donors (Lipinski definition) is 1. The second-order valence-electron chi connectivity index (χ2n) is 7.39. The lowest BCUT2D eigenvalue weighted by Gasteiger charge is -2.39. The van der Waals surface area contributed by atoms with Crippen molar-refractivity contribution in [3.05, 3.63) is 35.9 Å². The number of ether oxygens (including phenoxy) is 1. The molecule has 3 atom stereocenters. The molecule has 0 saturated heterocycles. The first kappa shape index (κ1) is 16.5. The monoisotopic (exact) mass is 289 g/mol. The fourth-order valence-corrected chi connectivity index (χ4v) is 3.82. The van der Waals surface area contributed by atoms with E-state index in [9.17, 15) is 0 Å². The lowest BCUT2D eigenvalue weighted by Crippen LogP contribution is -2.35. The summed E-state index contributed by atoms with van der Waals surface area (Å²) in [5.74, 6) is 0.771. The third-order valence-electron chi connectivity index (χ3n) is 4.50. The molecule has 2 heteroatoms. The van der Waals surface area contributed by atoms with Crippen molar-refractivity contribution in [3.8, 4) is 0 Å². The van der Waals surface area contributed by atoms with E-state index in [0.717, 1.165) is 19.1 Å². The van der Waals surface area contributed by atoms with Crippen LogP contribution in [0.2, 0.25) is 0 Å². The van der Waals surface area contributed by atoms with Crippen LogP contribution < -0.4 is 5.32 Å². The average molecular weight is 289 g/mol. The quantitative estimate of drug-likeness (QED) is 0.828. The van der Waals surface area contributed by atoms with Crippen LogP contribution in [-0.4, -0.2) is 19.3 Å².